The number of carboxylic acid groups (broad SMARTS) is 1. The summed E-state index contributed by atoms with van der Waals surface area (Å²) in [6.45, 7) is 5.13. The molecule has 0 atom stereocenters. The van der Waals surface area contributed by atoms with E-state index in [-0.39, 0.29) is 22.8 Å². The number of carbonyl (C=O) groups is 1. The number of amides is 1. The maximum atomic E-state index is 15.7. The molecule has 2 heterocycles. The fraction of sp³-hybridized carbons (Fsp3) is 0.273. The summed E-state index contributed by atoms with van der Waals surface area (Å²) >= 11 is 6.13. The predicted molar refractivity (Wildman–Crippen MR) is 120 cm³/mol. The molecule has 3 aromatic rings. The molecule has 11 heteroatoms. The highest BCUT2D eigenvalue weighted by molar-refractivity contribution is 7.90. The fourth-order valence-electron chi connectivity index (χ4n) is 3.32. The summed E-state index contributed by atoms with van der Waals surface area (Å²) in [6, 6.07) is 7.12. The van der Waals surface area contributed by atoms with Gasteiger partial charge in [-0.05, 0) is 35.7 Å². The zero-order valence-corrected chi connectivity index (χ0v) is 19.7. The number of hydrogen-bond acceptors (Lipinski definition) is 4. The van der Waals surface area contributed by atoms with Crippen molar-refractivity contribution in [2.24, 2.45) is 5.41 Å². The molecule has 1 amide bonds. The number of benzene rings is 1. The highest BCUT2D eigenvalue weighted by Crippen LogP contribution is 2.34. The van der Waals surface area contributed by atoms with E-state index in [0.29, 0.717) is 3.97 Å². The minimum atomic E-state index is -4.47. The molecule has 33 heavy (non-hydrogen) atoms. The second-order valence-corrected chi connectivity index (χ2v) is 10.8. The van der Waals surface area contributed by atoms with E-state index in [1.807, 2.05) is 20.8 Å². The molecule has 0 radical (unpaired) electrons. The predicted octanol–water partition coefficient (Wildman–Crippen LogP) is 5.24. The van der Waals surface area contributed by atoms with E-state index in [1.54, 1.807) is 0 Å². The molecule has 0 aliphatic carbocycles. The number of rotatable bonds is 6. The van der Waals surface area contributed by atoms with E-state index in [0.717, 1.165) is 23.2 Å². The van der Waals surface area contributed by atoms with Crippen LogP contribution in [0.1, 0.15) is 26.3 Å². The Morgan fingerprint density at radius 2 is 1.91 bits per heavy atom. The Morgan fingerprint density at radius 1 is 1.21 bits per heavy atom. The van der Waals surface area contributed by atoms with Gasteiger partial charge < -0.3 is 10.0 Å². The molecule has 0 unspecified atom stereocenters. The standard InChI is InChI=1S/C22H22ClF2N3O4S/c1-22(2,3)13-27(21(29)30)11-14-12-28(33(31,32)16-7-4-6-15(24)10-16)19(18(14)25)17-8-5-9-26-20(17)23/h4-10,12H,11,13H2,1-3H3,(H,29,30). The van der Waals surface area contributed by atoms with Crippen LogP contribution in [0.15, 0.2) is 53.7 Å². The lowest BCUT2D eigenvalue weighted by Crippen LogP contribution is -2.36. The maximum absolute atomic E-state index is 15.7. The number of aromatic nitrogens is 2. The van der Waals surface area contributed by atoms with Gasteiger partial charge >= 0.3 is 6.09 Å². The third kappa shape index (κ3) is 5.33. The van der Waals surface area contributed by atoms with Crippen LogP contribution < -0.4 is 0 Å². The maximum Gasteiger partial charge on any atom is 0.407 e. The van der Waals surface area contributed by atoms with Gasteiger partial charge in [0, 0.05) is 30.1 Å². The van der Waals surface area contributed by atoms with Crippen LogP contribution in [-0.4, -0.2) is 40.0 Å². The third-order valence-corrected chi connectivity index (χ3v) is 6.60. The van der Waals surface area contributed by atoms with Crippen molar-refractivity contribution in [3.05, 3.63) is 71.1 Å². The normalized spacial score (nSPS) is 12.1. The molecule has 1 N–H and O–H groups in total. The molecule has 3 rings (SSSR count). The molecule has 0 saturated heterocycles. The molecule has 176 valence electrons. The lowest BCUT2D eigenvalue weighted by atomic mass is 9.96. The van der Waals surface area contributed by atoms with E-state index in [9.17, 15) is 22.7 Å². The molecule has 0 aliphatic rings. The van der Waals surface area contributed by atoms with Gasteiger partial charge in [-0.3, -0.25) is 0 Å². The van der Waals surface area contributed by atoms with Crippen LogP contribution in [0.4, 0.5) is 13.6 Å². The summed E-state index contributed by atoms with van der Waals surface area (Å²) in [7, 11) is -4.47. The third-order valence-electron chi connectivity index (χ3n) is 4.65. The molecule has 0 saturated carbocycles. The highest BCUT2D eigenvalue weighted by Gasteiger charge is 2.30. The summed E-state index contributed by atoms with van der Waals surface area (Å²) < 4.78 is 56.8. The smallest absolute Gasteiger partial charge is 0.407 e. The first-order valence-corrected chi connectivity index (χ1v) is 11.6. The quantitative estimate of drug-likeness (QED) is 0.470. The molecule has 0 bridgehead atoms. The van der Waals surface area contributed by atoms with Crippen LogP contribution in [0.5, 0.6) is 0 Å². The second-order valence-electron chi connectivity index (χ2n) is 8.62. The van der Waals surface area contributed by atoms with Gasteiger partial charge in [0.2, 0.25) is 0 Å². The van der Waals surface area contributed by atoms with Crippen LogP contribution in [-0.2, 0) is 16.6 Å². The van der Waals surface area contributed by atoms with Crippen molar-refractivity contribution in [1.82, 2.24) is 13.9 Å². The largest absolute Gasteiger partial charge is 0.465 e. The molecular formula is C22H22ClF2N3O4S. The van der Waals surface area contributed by atoms with Gasteiger partial charge in [-0.25, -0.2) is 30.9 Å². The van der Waals surface area contributed by atoms with Gasteiger partial charge in [-0.15, -0.1) is 0 Å². The van der Waals surface area contributed by atoms with Crippen molar-refractivity contribution in [1.29, 1.82) is 0 Å². The van der Waals surface area contributed by atoms with Crippen LogP contribution >= 0.6 is 11.6 Å². The van der Waals surface area contributed by atoms with Gasteiger partial charge in [0.15, 0.2) is 5.82 Å². The molecule has 1 aromatic carbocycles. The molecule has 0 fully saturated rings. The Balaban J connectivity index is 2.23. The molecule has 0 aliphatic heterocycles. The zero-order valence-electron chi connectivity index (χ0n) is 18.1. The summed E-state index contributed by atoms with van der Waals surface area (Å²) in [4.78, 5) is 16.2. The minimum Gasteiger partial charge on any atom is -0.465 e. The Bertz CT molecular complexity index is 1300. The van der Waals surface area contributed by atoms with Crippen LogP contribution in [0.25, 0.3) is 11.3 Å². The van der Waals surface area contributed by atoms with Crippen molar-refractivity contribution in [3.63, 3.8) is 0 Å². The Morgan fingerprint density at radius 3 is 2.48 bits per heavy atom. The van der Waals surface area contributed by atoms with Crippen LogP contribution in [0.3, 0.4) is 0 Å². The first kappa shape index (κ1) is 24.7. The van der Waals surface area contributed by atoms with E-state index in [4.69, 9.17) is 11.6 Å². The first-order chi connectivity index (χ1) is 15.3. The fourth-order valence-corrected chi connectivity index (χ4v) is 4.95. The monoisotopic (exact) mass is 497 g/mol. The van der Waals surface area contributed by atoms with Gasteiger partial charge in [-0.2, -0.15) is 0 Å². The van der Waals surface area contributed by atoms with Crippen molar-refractivity contribution >= 4 is 27.7 Å². The van der Waals surface area contributed by atoms with Crippen LogP contribution in [0.2, 0.25) is 5.15 Å². The summed E-state index contributed by atoms with van der Waals surface area (Å²) in [5.74, 6) is -1.75. The minimum absolute atomic E-state index is 0.0133. The summed E-state index contributed by atoms with van der Waals surface area (Å²) in [5.41, 5.74) is -1.05. The summed E-state index contributed by atoms with van der Waals surface area (Å²) in [6.07, 6.45) is 1.06. The number of pyridine rings is 1. The van der Waals surface area contributed by atoms with E-state index in [1.165, 1.54) is 30.5 Å². The average molecular weight is 498 g/mol. The van der Waals surface area contributed by atoms with Gasteiger partial charge in [0.05, 0.1) is 11.4 Å². The van der Waals surface area contributed by atoms with E-state index < -0.39 is 50.3 Å². The topological polar surface area (TPSA) is 92.5 Å². The van der Waals surface area contributed by atoms with Gasteiger partial charge in [-0.1, -0.05) is 38.4 Å². The number of halogens is 3. The zero-order chi connectivity index (χ0) is 24.6. The molecular weight excluding hydrogens is 476 g/mol. The van der Waals surface area contributed by atoms with E-state index >= 15 is 4.39 Å². The van der Waals surface area contributed by atoms with Crippen molar-refractivity contribution in [3.8, 4) is 11.3 Å². The van der Waals surface area contributed by atoms with Gasteiger partial charge in [0.25, 0.3) is 10.0 Å². The highest BCUT2D eigenvalue weighted by atomic mass is 35.5. The molecule has 0 spiro atoms. The number of nitrogens with zero attached hydrogens (tertiary/aromatic N) is 3. The van der Waals surface area contributed by atoms with Crippen molar-refractivity contribution in [2.45, 2.75) is 32.2 Å². The van der Waals surface area contributed by atoms with Gasteiger partial charge in [0.1, 0.15) is 16.7 Å². The lowest BCUT2D eigenvalue weighted by molar-refractivity contribution is 0.122. The SMILES string of the molecule is CC(C)(C)CN(Cc1cn(S(=O)(=O)c2cccc(F)c2)c(-c2cccnc2Cl)c1F)C(=O)O. The lowest BCUT2D eigenvalue weighted by Gasteiger charge is -2.27. The van der Waals surface area contributed by atoms with Crippen molar-refractivity contribution in [2.75, 3.05) is 6.54 Å². The number of hydrogen-bond donors (Lipinski definition) is 1. The van der Waals surface area contributed by atoms with E-state index in [2.05, 4.69) is 4.98 Å². The Labute approximate surface area is 195 Å². The first-order valence-electron chi connectivity index (χ1n) is 9.81. The second kappa shape index (κ2) is 9.11. The Hall–Kier alpha value is -2.98. The van der Waals surface area contributed by atoms with Crippen LogP contribution in [0, 0.1) is 17.0 Å². The van der Waals surface area contributed by atoms with Crippen molar-refractivity contribution < 1.29 is 27.1 Å². The summed E-state index contributed by atoms with van der Waals surface area (Å²) in [5, 5.41) is 9.45. The average Bonchev–Trinajstić information content (AvgIpc) is 3.03. The Kier molecular flexibility index (Phi) is 6.80. The molecule has 7 nitrogen and oxygen atoms in total. The molecule has 2 aromatic heterocycles.